The number of amidine groups is 1. The van der Waals surface area contributed by atoms with Gasteiger partial charge in [0, 0.05) is 55.9 Å². The molecule has 5 atom stereocenters. The second-order valence-electron chi connectivity index (χ2n) is 11.2. The van der Waals surface area contributed by atoms with Gasteiger partial charge in [-0.25, -0.2) is 26.3 Å². The van der Waals surface area contributed by atoms with Gasteiger partial charge in [-0.15, -0.1) is 0 Å². The molecule has 0 bridgehead atoms. The molecule has 13 nitrogen and oxygen atoms in total. The monoisotopic (exact) mass is 673 g/mol. The molecule has 2 saturated heterocycles. The third-order valence-electron chi connectivity index (χ3n) is 7.81. The predicted molar refractivity (Wildman–Crippen MR) is 173 cm³/mol. The Hall–Kier alpha value is -2.02. The van der Waals surface area contributed by atoms with E-state index in [4.69, 9.17) is 0 Å². The van der Waals surface area contributed by atoms with Gasteiger partial charge in [-0.05, 0) is 37.8 Å². The maximum absolute atomic E-state index is 13.0. The van der Waals surface area contributed by atoms with Crippen molar-refractivity contribution in [1.82, 2.24) is 14.3 Å². The quantitative estimate of drug-likeness (QED) is 0.142. The van der Waals surface area contributed by atoms with Crippen molar-refractivity contribution in [2.24, 2.45) is 4.99 Å². The summed E-state index contributed by atoms with van der Waals surface area (Å²) in [6, 6.07) is 10.2. The minimum Gasteiger partial charge on any atom is -0.388 e. The van der Waals surface area contributed by atoms with E-state index in [1.54, 1.807) is 18.2 Å². The number of unbranched alkanes of at least 4 members (excludes halogenated alkanes) is 3. The number of anilines is 1. The van der Waals surface area contributed by atoms with E-state index in [1.807, 2.05) is 37.2 Å². The van der Waals surface area contributed by atoms with Crippen LogP contribution in [0.3, 0.4) is 0 Å². The first-order valence-corrected chi connectivity index (χ1v) is 18.8. The van der Waals surface area contributed by atoms with Crippen molar-refractivity contribution in [3.63, 3.8) is 0 Å². The van der Waals surface area contributed by atoms with Crippen molar-refractivity contribution in [3.05, 3.63) is 36.4 Å². The summed E-state index contributed by atoms with van der Waals surface area (Å²) in [5, 5.41) is 42.3. The number of aliphatic hydroxyl groups excluding tert-OH is 4. The highest BCUT2D eigenvalue weighted by molar-refractivity contribution is 8.14. The van der Waals surface area contributed by atoms with Gasteiger partial charge in [-0.1, -0.05) is 42.4 Å². The minimum absolute atomic E-state index is 0.0555. The largest absolute Gasteiger partial charge is 0.388 e. The number of aliphatic hydroxyl groups is 4. The first kappa shape index (κ1) is 34.8. The summed E-state index contributed by atoms with van der Waals surface area (Å²) in [5.74, 6) is 0.370. The molecule has 0 aliphatic carbocycles. The molecular formula is C28H43N5O8S3. The van der Waals surface area contributed by atoms with Gasteiger partial charge >= 0.3 is 0 Å². The lowest BCUT2D eigenvalue weighted by molar-refractivity contribution is -0.190. The van der Waals surface area contributed by atoms with Crippen LogP contribution < -0.4 is 14.3 Å². The van der Waals surface area contributed by atoms with Crippen LogP contribution in [0.1, 0.15) is 32.1 Å². The van der Waals surface area contributed by atoms with E-state index < -0.39 is 50.6 Å². The number of nitrogens with zero attached hydrogens (tertiary/aromatic N) is 3. The van der Waals surface area contributed by atoms with Crippen LogP contribution in [0.25, 0.3) is 10.8 Å². The maximum Gasteiger partial charge on any atom is 0.241 e. The first-order valence-electron chi connectivity index (χ1n) is 14.7. The summed E-state index contributed by atoms with van der Waals surface area (Å²) in [7, 11) is -3.40. The van der Waals surface area contributed by atoms with Crippen molar-refractivity contribution in [1.29, 1.82) is 0 Å². The lowest BCUT2D eigenvalue weighted by Gasteiger charge is -2.44. The number of thioether (sulfide) groups is 1. The number of aliphatic imine (C=N–C) groups is 1. The molecule has 2 aliphatic rings. The number of rotatable bonds is 15. The van der Waals surface area contributed by atoms with Crippen LogP contribution >= 0.6 is 11.8 Å². The molecule has 6 N–H and O–H groups in total. The maximum atomic E-state index is 13.0. The van der Waals surface area contributed by atoms with E-state index in [2.05, 4.69) is 14.4 Å². The Morgan fingerprint density at radius 1 is 0.864 bits per heavy atom. The fourth-order valence-electron chi connectivity index (χ4n) is 5.41. The van der Waals surface area contributed by atoms with Gasteiger partial charge in [-0.3, -0.25) is 4.99 Å². The fraction of sp³-hybridized carbons (Fsp3) is 0.607. The summed E-state index contributed by atoms with van der Waals surface area (Å²) in [4.78, 5) is 8.02. The molecule has 2 heterocycles. The predicted octanol–water partition coefficient (Wildman–Crippen LogP) is 0.242. The number of sulfonamides is 2. The van der Waals surface area contributed by atoms with E-state index in [0.717, 1.165) is 11.1 Å². The van der Waals surface area contributed by atoms with Crippen LogP contribution in [0.5, 0.6) is 0 Å². The zero-order chi connectivity index (χ0) is 32.1. The normalized spacial score (nSPS) is 25.1. The zero-order valence-electron chi connectivity index (χ0n) is 24.9. The van der Waals surface area contributed by atoms with Gasteiger partial charge in [0.25, 0.3) is 0 Å². The topological polar surface area (TPSA) is 192 Å². The number of piperidine rings is 1. The van der Waals surface area contributed by atoms with Crippen LogP contribution in [0.4, 0.5) is 5.69 Å². The van der Waals surface area contributed by atoms with E-state index >= 15 is 0 Å². The Morgan fingerprint density at radius 2 is 1.55 bits per heavy atom. The molecule has 0 unspecified atom stereocenters. The lowest BCUT2D eigenvalue weighted by Crippen LogP contribution is -2.65. The Kier molecular flexibility index (Phi) is 11.9. The number of hydrogen-bond donors (Lipinski definition) is 6. The Balaban J connectivity index is 1.13. The lowest BCUT2D eigenvalue weighted by atomic mass is 9.94. The van der Waals surface area contributed by atoms with Crippen LogP contribution in [0.2, 0.25) is 0 Å². The average Bonchev–Trinajstić information content (AvgIpc) is 3.41. The van der Waals surface area contributed by atoms with Gasteiger partial charge in [0.05, 0.1) is 16.7 Å². The molecule has 4 rings (SSSR count). The summed E-state index contributed by atoms with van der Waals surface area (Å²) >= 11 is 1.33. The van der Waals surface area contributed by atoms with Gasteiger partial charge < -0.3 is 30.2 Å². The molecule has 0 radical (unpaired) electrons. The number of fused-ring (bicyclic) bond motifs is 2. The molecule has 44 heavy (non-hydrogen) atoms. The molecule has 2 aromatic rings. The van der Waals surface area contributed by atoms with E-state index in [1.165, 1.54) is 16.7 Å². The Labute approximate surface area is 263 Å². The van der Waals surface area contributed by atoms with Gasteiger partial charge in [0.15, 0.2) is 11.4 Å². The highest BCUT2D eigenvalue weighted by Crippen LogP contribution is 2.34. The summed E-state index contributed by atoms with van der Waals surface area (Å²) < 4.78 is 56.0. The van der Waals surface area contributed by atoms with Crippen LogP contribution in [-0.2, 0) is 20.0 Å². The first-order chi connectivity index (χ1) is 20.8. The highest BCUT2D eigenvalue weighted by Gasteiger charge is 2.51. The highest BCUT2D eigenvalue weighted by atomic mass is 32.2. The van der Waals surface area contributed by atoms with E-state index in [9.17, 15) is 37.3 Å². The molecule has 0 aromatic heterocycles. The van der Waals surface area contributed by atoms with Crippen molar-refractivity contribution in [3.8, 4) is 0 Å². The molecule has 2 aromatic carbocycles. The van der Waals surface area contributed by atoms with Crippen LogP contribution in [-0.4, -0.2) is 123 Å². The summed E-state index contributed by atoms with van der Waals surface area (Å²) in [6.07, 6.45) is -2.91. The summed E-state index contributed by atoms with van der Waals surface area (Å²) in [6.45, 7) is 0.827. The van der Waals surface area contributed by atoms with Crippen LogP contribution in [0.15, 0.2) is 46.3 Å². The van der Waals surface area contributed by atoms with Crippen LogP contribution in [0, 0.1) is 0 Å². The van der Waals surface area contributed by atoms with Gasteiger partial charge in [-0.2, -0.15) is 0 Å². The fourth-order valence-corrected chi connectivity index (χ4v) is 9.14. The minimum atomic E-state index is -3.74. The SMILES string of the molecule is CN(C)c1cccc2c(S(=O)(=O)NCCCCCS(=O)(=O)NCCCCN=C3SC[C@@H]4[C@@H](O)[C@H](O)[C@@H](O)[C@@H](O)N34)cccc12. The Bertz CT molecular complexity index is 1520. The van der Waals surface area contributed by atoms with Crippen molar-refractivity contribution in [2.75, 3.05) is 50.1 Å². The molecule has 0 saturated carbocycles. The molecule has 2 aliphatic heterocycles. The average molecular weight is 674 g/mol. The molecule has 0 spiro atoms. The molecule has 246 valence electrons. The Morgan fingerprint density at radius 3 is 2.30 bits per heavy atom. The van der Waals surface area contributed by atoms with Crippen molar-refractivity contribution >= 4 is 53.4 Å². The molecule has 2 fully saturated rings. The van der Waals surface area contributed by atoms with Gasteiger partial charge in [0.2, 0.25) is 20.0 Å². The number of benzene rings is 2. The van der Waals surface area contributed by atoms with Gasteiger partial charge in [0.1, 0.15) is 18.3 Å². The zero-order valence-corrected chi connectivity index (χ0v) is 27.4. The third-order valence-corrected chi connectivity index (χ3v) is 11.9. The number of hydrogen-bond acceptors (Lipinski definition) is 11. The second kappa shape index (κ2) is 15.0. The van der Waals surface area contributed by atoms with E-state index in [-0.39, 0.29) is 23.7 Å². The third kappa shape index (κ3) is 8.22. The molecular weight excluding hydrogens is 631 g/mol. The van der Waals surface area contributed by atoms with E-state index in [0.29, 0.717) is 55.0 Å². The molecule has 16 heteroatoms. The second-order valence-corrected chi connectivity index (χ2v) is 15.9. The summed E-state index contributed by atoms with van der Waals surface area (Å²) in [5.41, 5.74) is 0.924. The molecule has 0 amide bonds. The van der Waals surface area contributed by atoms with Crippen molar-refractivity contribution in [2.45, 2.75) is 67.6 Å². The standard InChI is InChI=1S/C28H43N5O8S3/c1-32(2)21-12-8-11-20-19(21)10-9-13-23(20)44(40,41)31-16-4-3-7-17-43(38,39)30-15-6-5-14-29-28-33-22(18-42-28)24(34)25(35)26(36)27(33)37/h8-13,22,24-27,30-31,34-37H,3-7,14-18H2,1-2H3/t22-,24-,25+,26-,27-/m1/s1. The smallest absolute Gasteiger partial charge is 0.241 e. The van der Waals surface area contributed by atoms with Crippen molar-refractivity contribution < 1.29 is 37.3 Å². The number of nitrogens with one attached hydrogen (secondary N) is 2.